The molecule has 0 aliphatic heterocycles. The topological polar surface area (TPSA) is 55.1 Å². The van der Waals surface area contributed by atoms with Crippen LogP contribution in [0.25, 0.3) is 0 Å². The van der Waals surface area contributed by atoms with Crippen LogP contribution in [0.5, 0.6) is 0 Å². The Morgan fingerprint density at radius 3 is 2.21 bits per heavy atom. The van der Waals surface area contributed by atoms with Crippen LogP contribution in [0.15, 0.2) is 24.3 Å². The second kappa shape index (κ2) is 8.70. The molecule has 3 nitrogen and oxygen atoms in total. The molecule has 1 aromatic rings. The highest BCUT2D eigenvalue weighted by molar-refractivity contribution is 5.75. The molecule has 108 valence electrons. The summed E-state index contributed by atoms with van der Waals surface area (Å²) >= 11 is 0. The summed E-state index contributed by atoms with van der Waals surface area (Å²) in [5, 5.41) is 3.05. The molecule has 0 heterocycles. The van der Waals surface area contributed by atoms with E-state index in [0.29, 0.717) is 0 Å². The molecule has 0 aromatic heterocycles. The van der Waals surface area contributed by atoms with Gasteiger partial charge in [0, 0.05) is 0 Å². The maximum absolute atomic E-state index is 10.6. The molecular weight excluding hydrogens is 236 g/mol. The maximum Gasteiger partial charge on any atom is 0.231 e. The van der Waals surface area contributed by atoms with E-state index >= 15 is 0 Å². The molecule has 0 radical (unpaired) electrons. The van der Waals surface area contributed by atoms with Crippen LogP contribution in [0.4, 0.5) is 0 Å². The first-order valence-electron chi connectivity index (χ1n) is 6.98. The van der Waals surface area contributed by atoms with Crippen LogP contribution in [-0.2, 0) is 10.2 Å². The molecule has 0 fully saturated rings. The van der Waals surface area contributed by atoms with Crippen molar-refractivity contribution in [1.29, 1.82) is 0 Å². The summed E-state index contributed by atoms with van der Waals surface area (Å²) in [6.07, 6.45) is 0.976. The standard InChI is InChI=1S/C14H22N2O.C2H6/c1-11-4-6-12(7-5-11)14(2,3)8-9-16-10-13(15)17;1-2/h4-7,16H,8-10H2,1-3H3,(H2,15,17);1-2H3. The van der Waals surface area contributed by atoms with E-state index in [4.69, 9.17) is 5.73 Å². The van der Waals surface area contributed by atoms with Crippen LogP contribution < -0.4 is 11.1 Å². The van der Waals surface area contributed by atoms with Crippen LogP contribution in [0, 0.1) is 6.92 Å². The minimum Gasteiger partial charge on any atom is -0.369 e. The van der Waals surface area contributed by atoms with Gasteiger partial charge in [0.15, 0.2) is 0 Å². The van der Waals surface area contributed by atoms with Gasteiger partial charge in [0.25, 0.3) is 0 Å². The van der Waals surface area contributed by atoms with Crippen molar-refractivity contribution in [3.05, 3.63) is 35.4 Å². The fourth-order valence-electron chi connectivity index (χ4n) is 1.76. The lowest BCUT2D eigenvalue weighted by molar-refractivity contribution is -0.117. The Labute approximate surface area is 117 Å². The largest absolute Gasteiger partial charge is 0.369 e. The molecule has 0 spiro atoms. The lowest BCUT2D eigenvalue weighted by Gasteiger charge is -2.25. The van der Waals surface area contributed by atoms with Gasteiger partial charge in [-0.3, -0.25) is 4.79 Å². The van der Waals surface area contributed by atoms with E-state index in [1.807, 2.05) is 13.8 Å². The summed E-state index contributed by atoms with van der Waals surface area (Å²) in [4.78, 5) is 10.6. The first-order chi connectivity index (χ1) is 8.92. The van der Waals surface area contributed by atoms with E-state index in [1.165, 1.54) is 11.1 Å². The second-order valence-electron chi connectivity index (χ2n) is 5.14. The Morgan fingerprint density at radius 1 is 1.21 bits per heavy atom. The molecule has 1 aromatic carbocycles. The van der Waals surface area contributed by atoms with Crippen LogP contribution in [0.2, 0.25) is 0 Å². The van der Waals surface area contributed by atoms with Crippen LogP contribution in [0.1, 0.15) is 45.2 Å². The molecule has 0 bridgehead atoms. The number of aryl methyl sites for hydroxylation is 1. The fourth-order valence-corrected chi connectivity index (χ4v) is 1.76. The van der Waals surface area contributed by atoms with Gasteiger partial charge in [0.05, 0.1) is 6.54 Å². The normalized spacial score (nSPS) is 10.6. The molecule has 3 N–H and O–H groups in total. The van der Waals surface area contributed by atoms with Gasteiger partial charge >= 0.3 is 0 Å². The molecule has 0 saturated carbocycles. The average Bonchev–Trinajstić information content (AvgIpc) is 2.37. The number of rotatable bonds is 6. The smallest absolute Gasteiger partial charge is 0.231 e. The molecule has 0 atom stereocenters. The monoisotopic (exact) mass is 264 g/mol. The van der Waals surface area contributed by atoms with Gasteiger partial charge < -0.3 is 11.1 Å². The highest BCUT2D eigenvalue weighted by Crippen LogP contribution is 2.26. The molecular formula is C16H28N2O. The van der Waals surface area contributed by atoms with Crippen LogP contribution >= 0.6 is 0 Å². The fraction of sp³-hybridized carbons (Fsp3) is 0.562. The summed E-state index contributed by atoms with van der Waals surface area (Å²) < 4.78 is 0. The van der Waals surface area contributed by atoms with Crippen molar-refractivity contribution in [1.82, 2.24) is 5.32 Å². The summed E-state index contributed by atoms with van der Waals surface area (Å²) in [5.74, 6) is -0.307. The Bertz CT molecular complexity index is 369. The second-order valence-corrected chi connectivity index (χ2v) is 5.14. The van der Waals surface area contributed by atoms with Crippen molar-refractivity contribution in [3.63, 3.8) is 0 Å². The van der Waals surface area contributed by atoms with E-state index in [1.54, 1.807) is 0 Å². The summed E-state index contributed by atoms with van der Waals surface area (Å²) in [6.45, 7) is 11.6. The molecule has 3 heteroatoms. The van der Waals surface area contributed by atoms with Gasteiger partial charge in [0.2, 0.25) is 5.91 Å². The number of carbonyl (C=O) groups excluding carboxylic acids is 1. The zero-order valence-electron chi connectivity index (χ0n) is 12.9. The number of benzene rings is 1. The van der Waals surface area contributed by atoms with Gasteiger partial charge in [-0.2, -0.15) is 0 Å². The summed E-state index contributed by atoms with van der Waals surface area (Å²) in [6, 6.07) is 8.61. The lowest BCUT2D eigenvalue weighted by atomic mass is 9.81. The molecule has 1 amide bonds. The van der Waals surface area contributed by atoms with E-state index in [9.17, 15) is 4.79 Å². The Hall–Kier alpha value is -1.35. The van der Waals surface area contributed by atoms with Crippen molar-refractivity contribution < 1.29 is 4.79 Å². The first kappa shape index (κ1) is 17.6. The SMILES string of the molecule is CC.Cc1ccc(C(C)(C)CCNCC(N)=O)cc1. The minimum absolute atomic E-state index is 0.109. The lowest BCUT2D eigenvalue weighted by Crippen LogP contribution is -2.32. The highest BCUT2D eigenvalue weighted by atomic mass is 16.1. The Morgan fingerprint density at radius 2 is 1.74 bits per heavy atom. The van der Waals surface area contributed by atoms with Crippen LogP contribution in [0.3, 0.4) is 0 Å². The molecule has 19 heavy (non-hydrogen) atoms. The van der Waals surface area contributed by atoms with Gasteiger partial charge in [-0.1, -0.05) is 57.5 Å². The average molecular weight is 264 g/mol. The number of carbonyl (C=O) groups is 1. The summed E-state index contributed by atoms with van der Waals surface area (Å²) in [5.41, 5.74) is 7.78. The molecule has 1 rings (SSSR count). The van der Waals surface area contributed by atoms with E-state index in [0.717, 1.165) is 13.0 Å². The van der Waals surface area contributed by atoms with Crippen molar-refractivity contribution in [2.75, 3.05) is 13.1 Å². The van der Waals surface area contributed by atoms with Crippen molar-refractivity contribution in [2.24, 2.45) is 5.73 Å². The molecule has 0 aliphatic rings. The van der Waals surface area contributed by atoms with Gasteiger partial charge in [0.1, 0.15) is 0 Å². The predicted molar refractivity (Wildman–Crippen MR) is 82.2 cm³/mol. The predicted octanol–water partition coefficient (Wildman–Crippen LogP) is 2.76. The van der Waals surface area contributed by atoms with E-state index < -0.39 is 0 Å². The molecule has 0 saturated heterocycles. The number of primary amides is 1. The van der Waals surface area contributed by atoms with Crippen LogP contribution in [-0.4, -0.2) is 19.0 Å². The number of nitrogens with one attached hydrogen (secondary N) is 1. The number of amides is 1. The van der Waals surface area contributed by atoms with Crippen molar-refractivity contribution >= 4 is 5.91 Å². The quantitative estimate of drug-likeness (QED) is 0.776. The molecule has 0 unspecified atom stereocenters. The summed E-state index contributed by atoms with van der Waals surface area (Å²) in [7, 11) is 0. The Kier molecular flexibility index (Phi) is 8.08. The zero-order chi connectivity index (χ0) is 14.9. The number of hydrogen-bond donors (Lipinski definition) is 2. The van der Waals surface area contributed by atoms with E-state index in [2.05, 4.69) is 50.4 Å². The van der Waals surface area contributed by atoms with Gasteiger partial charge in [-0.05, 0) is 30.9 Å². The van der Waals surface area contributed by atoms with Crippen molar-refractivity contribution in [3.8, 4) is 0 Å². The third-order valence-electron chi connectivity index (χ3n) is 3.06. The van der Waals surface area contributed by atoms with Gasteiger partial charge in [-0.25, -0.2) is 0 Å². The number of hydrogen-bond acceptors (Lipinski definition) is 2. The Balaban J connectivity index is 0.00000154. The van der Waals surface area contributed by atoms with E-state index in [-0.39, 0.29) is 17.9 Å². The van der Waals surface area contributed by atoms with Gasteiger partial charge in [-0.15, -0.1) is 0 Å². The molecule has 0 aliphatic carbocycles. The highest BCUT2D eigenvalue weighted by Gasteiger charge is 2.19. The zero-order valence-corrected chi connectivity index (χ0v) is 12.9. The maximum atomic E-state index is 10.6. The third-order valence-corrected chi connectivity index (χ3v) is 3.06. The minimum atomic E-state index is -0.307. The third kappa shape index (κ3) is 6.97. The first-order valence-corrected chi connectivity index (χ1v) is 6.98. The number of nitrogens with two attached hydrogens (primary N) is 1. The van der Waals surface area contributed by atoms with Crippen molar-refractivity contribution in [2.45, 2.75) is 46.5 Å².